The van der Waals surface area contributed by atoms with Gasteiger partial charge in [0.2, 0.25) is 5.91 Å². The zero-order chi connectivity index (χ0) is 52.9. The van der Waals surface area contributed by atoms with Crippen LogP contribution in [0.25, 0.3) is 0 Å². The number of rotatable bonds is 61. The molecule has 0 saturated carbocycles. The number of hydrogen-bond acceptors (Lipinski definition) is 4. The Labute approximate surface area is 457 Å². The molecule has 1 amide bonds. The van der Waals surface area contributed by atoms with Crippen LogP contribution in [0.2, 0.25) is 0 Å². The molecule has 0 saturated heterocycles. The molecule has 5 nitrogen and oxygen atoms in total. The Hall–Kier alpha value is -1.69. The van der Waals surface area contributed by atoms with Crippen molar-refractivity contribution in [1.29, 1.82) is 0 Å². The zero-order valence-electron chi connectivity index (χ0n) is 49.3. The van der Waals surface area contributed by atoms with Gasteiger partial charge in [0.05, 0.1) is 18.8 Å². The van der Waals surface area contributed by atoms with Crippen LogP contribution in [-0.2, 0) is 4.79 Å². The molecule has 0 fully saturated rings. The minimum atomic E-state index is -1.11. The summed E-state index contributed by atoms with van der Waals surface area (Å²) in [6.07, 6.45) is 85.3. The summed E-state index contributed by atoms with van der Waals surface area (Å²) in [7, 11) is 0. The molecule has 0 rings (SSSR count). The predicted octanol–water partition coefficient (Wildman–Crippen LogP) is 21.1. The maximum atomic E-state index is 12.6. The molecule has 430 valence electrons. The number of carbonyl (C=O) groups excluding carboxylic acids is 1. The Balaban J connectivity index is 3.54. The van der Waals surface area contributed by atoms with E-state index in [0.29, 0.717) is 6.42 Å². The van der Waals surface area contributed by atoms with E-state index < -0.39 is 24.2 Å². The van der Waals surface area contributed by atoms with Crippen LogP contribution in [0, 0.1) is 0 Å². The van der Waals surface area contributed by atoms with Crippen LogP contribution in [0.3, 0.4) is 0 Å². The summed E-state index contributed by atoms with van der Waals surface area (Å²) >= 11 is 0. The molecule has 0 aliphatic heterocycles. The van der Waals surface area contributed by atoms with E-state index in [0.717, 1.165) is 44.9 Å². The lowest BCUT2D eigenvalue weighted by molar-refractivity contribution is -0.131. The van der Waals surface area contributed by atoms with Crippen LogP contribution >= 0.6 is 0 Å². The minimum absolute atomic E-state index is 0.380. The summed E-state index contributed by atoms with van der Waals surface area (Å²) in [4.78, 5) is 12.6. The van der Waals surface area contributed by atoms with E-state index in [2.05, 4.69) is 55.6 Å². The number of allylic oxidation sites excluding steroid dienone is 7. The first-order chi connectivity index (χ1) is 36.1. The maximum Gasteiger partial charge on any atom is 0.249 e. The van der Waals surface area contributed by atoms with Crippen LogP contribution < -0.4 is 5.32 Å². The molecule has 3 unspecified atom stereocenters. The van der Waals surface area contributed by atoms with E-state index in [4.69, 9.17) is 0 Å². The van der Waals surface area contributed by atoms with Gasteiger partial charge in [0, 0.05) is 0 Å². The Morgan fingerprint density at radius 2 is 0.562 bits per heavy atom. The molecule has 0 aromatic carbocycles. The summed E-state index contributed by atoms with van der Waals surface area (Å²) in [6, 6.07) is -0.823. The van der Waals surface area contributed by atoms with Gasteiger partial charge in [-0.05, 0) is 70.6 Å². The third-order valence-electron chi connectivity index (χ3n) is 15.4. The molecule has 0 spiro atoms. The van der Waals surface area contributed by atoms with Crippen molar-refractivity contribution in [3.8, 4) is 0 Å². The second-order valence-electron chi connectivity index (χ2n) is 22.7. The molecule has 3 atom stereocenters. The van der Waals surface area contributed by atoms with Crippen molar-refractivity contribution in [2.45, 2.75) is 372 Å². The number of hydrogen-bond donors (Lipinski definition) is 4. The number of carbonyl (C=O) groups is 1. The van der Waals surface area contributed by atoms with Crippen molar-refractivity contribution in [2.24, 2.45) is 0 Å². The average Bonchev–Trinajstić information content (AvgIpc) is 3.40. The quantitative estimate of drug-likeness (QED) is 0.0361. The summed E-state index contributed by atoms with van der Waals surface area (Å²) in [5.41, 5.74) is 0. The lowest BCUT2D eigenvalue weighted by atomic mass is 10.0. The predicted molar refractivity (Wildman–Crippen MR) is 324 cm³/mol. The van der Waals surface area contributed by atoms with Gasteiger partial charge in [-0.25, -0.2) is 0 Å². The Bertz CT molecular complexity index is 1180. The third kappa shape index (κ3) is 57.8. The van der Waals surface area contributed by atoms with Crippen molar-refractivity contribution < 1.29 is 20.1 Å². The van der Waals surface area contributed by atoms with Crippen LogP contribution in [0.1, 0.15) is 354 Å². The highest BCUT2D eigenvalue weighted by Crippen LogP contribution is 2.18. The molecule has 0 radical (unpaired) electrons. The largest absolute Gasteiger partial charge is 0.394 e. The summed E-state index contributed by atoms with van der Waals surface area (Å²) < 4.78 is 0. The van der Waals surface area contributed by atoms with E-state index in [1.54, 1.807) is 6.08 Å². The lowest BCUT2D eigenvalue weighted by Crippen LogP contribution is -2.48. The first kappa shape index (κ1) is 71.3. The summed E-state index contributed by atoms with van der Waals surface area (Å²) in [6.45, 7) is 4.21. The van der Waals surface area contributed by atoms with Crippen molar-refractivity contribution in [3.63, 3.8) is 0 Å². The molecular weight excluding hydrogens is 895 g/mol. The van der Waals surface area contributed by atoms with Crippen LogP contribution in [0.15, 0.2) is 48.6 Å². The highest BCUT2D eigenvalue weighted by atomic mass is 16.3. The first-order valence-corrected chi connectivity index (χ1v) is 33.0. The van der Waals surface area contributed by atoms with E-state index in [9.17, 15) is 20.1 Å². The Kier molecular flexibility index (Phi) is 61.4. The first-order valence-electron chi connectivity index (χ1n) is 33.0. The molecule has 0 aliphatic carbocycles. The highest BCUT2D eigenvalue weighted by Gasteiger charge is 2.22. The van der Waals surface area contributed by atoms with Crippen LogP contribution in [0.5, 0.6) is 0 Å². The van der Waals surface area contributed by atoms with Gasteiger partial charge in [0.1, 0.15) is 6.10 Å². The van der Waals surface area contributed by atoms with Crippen molar-refractivity contribution in [2.75, 3.05) is 6.61 Å². The molecule has 0 aromatic rings. The fraction of sp³-hybridized carbons (Fsp3) is 0.868. The number of aliphatic hydroxyl groups is 3. The maximum absolute atomic E-state index is 12.6. The second kappa shape index (κ2) is 62.8. The molecule has 0 bridgehead atoms. The van der Waals surface area contributed by atoms with Crippen LogP contribution in [0.4, 0.5) is 0 Å². The number of aliphatic hydroxyl groups excluding tert-OH is 3. The standard InChI is InChI=1S/C68H129NO4/c1-3-5-7-9-11-13-15-17-19-21-23-25-27-28-29-30-31-32-33-34-35-36-37-38-39-41-43-45-47-49-51-53-55-57-59-61-63-67(72)68(73)69-65(64-70)66(71)62-60-58-56-54-52-50-48-46-44-42-40-26-24-22-20-18-16-14-12-10-8-6-4-2/h32-33,44,46,52,54,60,62,65-67,70-72H,3-31,34-43,45,47-51,53,55-59,61,63-64H2,1-2H3,(H,69,73)/b33-32-,46-44+,54-52+,62-60+. The minimum Gasteiger partial charge on any atom is -0.394 e. The van der Waals surface area contributed by atoms with Gasteiger partial charge in [-0.15, -0.1) is 0 Å². The fourth-order valence-electron chi connectivity index (χ4n) is 10.3. The summed E-state index contributed by atoms with van der Waals surface area (Å²) in [5.74, 6) is -0.512. The molecule has 0 heterocycles. The topological polar surface area (TPSA) is 89.8 Å². The Morgan fingerprint density at radius 1 is 0.329 bits per heavy atom. The van der Waals surface area contributed by atoms with E-state index in [-0.39, 0.29) is 6.61 Å². The number of unbranched alkanes of at least 4 members (excludes halogenated alkanes) is 47. The summed E-state index contributed by atoms with van der Waals surface area (Å²) in [5, 5.41) is 33.4. The second-order valence-corrected chi connectivity index (χ2v) is 22.7. The molecule has 0 aromatic heterocycles. The lowest BCUT2D eigenvalue weighted by Gasteiger charge is -2.21. The molecule has 4 N–H and O–H groups in total. The van der Waals surface area contributed by atoms with E-state index >= 15 is 0 Å². The van der Waals surface area contributed by atoms with Gasteiger partial charge in [0.25, 0.3) is 0 Å². The van der Waals surface area contributed by atoms with Crippen molar-refractivity contribution in [1.82, 2.24) is 5.32 Å². The SMILES string of the molecule is CCCCCCCCCCCCCCC/C=C/CC/C=C/CC/C=C/C(O)C(CO)NC(=O)C(O)CCCCCCCCCCCCCCCCCC/C=C\CCCCCCCCCCCCCCCCCC. The van der Waals surface area contributed by atoms with Crippen molar-refractivity contribution >= 4 is 5.91 Å². The van der Waals surface area contributed by atoms with Gasteiger partial charge < -0.3 is 20.6 Å². The number of nitrogens with one attached hydrogen (secondary N) is 1. The average molecular weight is 1020 g/mol. The van der Waals surface area contributed by atoms with Gasteiger partial charge in [-0.3, -0.25) is 4.79 Å². The van der Waals surface area contributed by atoms with Crippen molar-refractivity contribution in [3.05, 3.63) is 48.6 Å². The van der Waals surface area contributed by atoms with Gasteiger partial charge in [-0.2, -0.15) is 0 Å². The fourth-order valence-corrected chi connectivity index (χ4v) is 10.3. The molecule has 73 heavy (non-hydrogen) atoms. The van der Waals surface area contributed by atoms with Gasteiger partial charge >= 0.3 is 0 Å². The monoisotopic (exact) mass is 1020 g/mol. The Morgan fingerprint density at radius 3 is 0.836 bits per heavy atom. The van der Waals surface area contributed by atoms with E-state index in [1.165, 1.54) is 289 Å². The van der Waals surface area contributed by atoms with Crippen LogP contribution in [-0.4, -0.2) is 46.1 Å². The molecule has 0 aliphatic rings. The highest BCUT2D eigenvalue weighted by molar-refractivity contribution is 5.80. The molecule has 5 heteroatoms. The zero-order valence-corrected chi connectivity index (χ0v) is 49.3. The van der Waals surface area contributed by atoms with Gasteiger partial charge in [-0.1, -0.05) is 332 Å². The normalized spacial score (nSPS) is 13.4. The number of amides is 1. The smallest absolute Gasteiger partial charge is 0.249 e. The van der Waals surface area contributed by atoms with Gasteiger partial charge in [0.15, 0.2) is 0 Å². The third-order valence-corrected chi connectivity index (χ3v) is 15.4. The van der Waals surface area contributed by atoms with E-state index in [1.807, 2.05) is 6.08 Å². The molecular formula is C68H129NO4.